The summed E-state index contributed by atoms with van der Waals surface area (Å²) in [5.41, 5.74) is 2.58. The maximum atomic E-state index is 11.8. The Morgan fingerprint density at radius 1 is 1.29 bits per heavy atom. The van der Waals surface area contributed by atoms with Gasteiger partial charge in [0.1, 0.15) is 0 Å². The first-order chi connectivity index (χ1) is 11.3. The van der Waals surface area contributed by atoms with Gasteiger partial charge in [0.05, 0.1) is 6.10 Å². The Bertz CT molecular complexity index is 657. The zero-order valence-electron chi connectivity index (χ0n) is 15.2. The second-order valence-electron chi connectivity index (χ2n) is 9.28. The van der Waals surface area contributed by atoms with Crippen molar-refractivity contribution in [1.29, 1.82) is 0 Å². The molecule has 2 nitrogen and oxygen atoms in total. The van der Waals surface area contributed by atoms with Gasteiger partial charge in [-0.3, -0.25) is 4.79 Å². The minimum Gasteiger partial charge on any atom is -0.393 e. The van der Waals surface area contributed by atoms with Gasteiger partial charge >= 0.3 is 0 Å². The summed E-state index contributed by atoms with van der Waals surface area (Å²) in [6.45, 7) is 11.1. The van der Waals surface area contributed by atoms with Crippen molar-refractivity contribution in [2.45, 2.75) is 59.0 Å². The first-order valence-corrected chi connectivity index (χ1v) is 9.55. The van der Waals surface area contributed by atoms with E-state index in [0.29, 0.717) is 17.8 Å². The van der Waals surface area contributed by atoms with Gasteiger partial charge in [0.25, 0.3) is 0 Å². The zero-order chi connectivity index (χ0) is 17.3. The molecule has 3 fully saturated rings. The summed E-state index contributed by atoms with van der Waals surface area (Å²) in [7, 11) is 0. The van der Waals surface area contributed by atoms with Gasteiger partial charge in [-0.2, -0.15) is 0 Å². The van der Waals surface area contributed by atoms with Gasteiger partial charge in [0.15, 0.2) is 5.78 Å². The molecule has 0 saturated heterocycles. The van der Waals surface area contributed by atoms with Crippen molar-refractivity contribution in [2.75, 3.05) is 0 Å². The molecule has 2 heteroatoms. The molecule has 0 spiro atoms. The highest BCUT2D eigenvalue weighted by Gasteiger charge is 2.61. The van der Waals surface area contributed by atoms with Crippen LogP contribution in [0.25, 0.3) is 0 Å². The lowest BCUT2D eigenvalue weighted by Crippen LogP contribution is -2.55. The predicted octanol–water partition coefficient (Wildman–Crippen LogP) is 4.46. The number of hydrogen-bond acceptors (Lipinski definition) is 2. The number of rotatable bonds is 1. The maximum absolute atomic E-state index is 11.8. The normalized spacial score (nSPS) is 49.9. The summed E-state index contributed by atoms with van der Waals surface area (Å²) in [6.07, 6.45) is 10.8. The average molecular weight is 326 g/mol. The van der Waals surface area contributed by atoms with Gasteiger partial charge in [-0.05, 0) is 74.3 Å². The third-order valence-corrected chi connectivity index (χ3v) is 8.09. The van der Waals surface area contributed by atoms with E-state index in [4.69, 9.17) is 0 Å². The van der Waals surface area contributed by atoms with E-state index >= 15 is 0 Å². The van der Waals surface area contributed by atoms with Crippen molar-refractivity contribution in [3.05, 3.63) is 36.0 Å². The van der Waals surface area contributed by atoms with E-state index in [1.165, 1.54) is 24.0 Å². The maximum Gasteiger partial charge on any atom is 0.178 e. The van der Waals surface area contributed by atoms with Crippen LogP contribution in [0.15, 0.2) is 36.0 Å². The molecule has 130 valence electrons. The lowest BCUT2D eigenvalue weighted by molar-refractivity contribution is -0.116. The van der Waals surface area contributed by atoms with Crippen LogP contribution in [0.4, 0.5) is 0 Å². The quantitative estimate of drug-likeness (QED) is 0.723. The number of ketones is 1. The molecule has 0 aromatic carbocycles. The summed E-state index contributed by atoms with van der Waals surface area (Å²) < 4.78 is 0. The third-order valence-electron chi connectivity index (χ3n) is 8.09. The standard InChI is InChI=1S/C22H30O2/c1-13(2)17-7-8-18-16-6-5-14-11-15(23)9-10-21(14,3)20(16)19(24)12-22(17,18)4/h9-11,16-20,24H,1,5-8,12H2,2-4H3/t16-,17+,18-,19-,20+,21-,22+/m0/s1. The van der Waals surface area contributed by atoms with E-state index in [1.807, 2.05) is 6.08 Å². The van der Waals surface area contributed by atoms with Crippen molar-refractivity contribution in [3.8, 4) is 0 Å². The summed E-state index contributed by atoms with van der Waals surface area (Å²) in [6, 6.07) is 0. The molecule has 3 saturated carbocycles. The second-order valence-corrected chi connectivity index (χ2v) is 9.28. The van der Waals surface area contributed by atoms with Crippen LogP contribution in [0.3, 0.4) is 0 Å². The molecule has 0 aromatic rings. The van der Waals surface area contributed by atoms with Crippen LogP contribution < -0.4 is 0 Å². The lowest BCUT2D eigenvalue weighted by atomic mass is 9.46. The average Bonchev–Trinajstić information content (AvgIpc) is 2.84. The Hall–Kier alpha value is -1.15. The monoisotopic (exact) mass is 326 g/mol. The van der Waals surface area contributed by atoms with Crippen molar-refractivity contribution < 1.29 is 9.90 Å². The molecular formula is C22H30O2. The predicted molar refractivity (Wildman–Crippen MR) is 96.3 cm³/mol. The van der Waals surface area contributed by atoms with Crippen LogP contribution >= 0.6 is 0 Å². The zero-order valence-corrected chi connectivity index (χ0v) is 15.2. The van der Waals surface area contributed by atoms with E-state index in [1.54, 1.807) is 6.08 Å². The van der Waals surface area contributed by atoms with E-state index in [0.717, 1.165) is 19.3 Å². The van der Waals surface area contributed by atoms with Crippen LogP contribution in [0, 0.1) is 34.5 Å². The third kappa shape index (κ3) is 2.02. The fourth-order valence-electron chi connectivity index (χ4n) is 7.13. The van der Waals surface area contributed by atoms with Crippen molar-refractivity contribution in [2.24, 2.45) is 34.5 Å². The molecule has 4 aliphatic carbocycles. The lowest BCUT2D eigenvalue weighted by Gasteiger charge is -2.59. The van der Waals surface area contributed by atoms with Crippen molar-refractivity contribution in [3.63, 3.8) is 0 Å². The van der Waals surface area contributed by atoms with Gasteiger partial charge in [0, 0.05) is 11.3 Å². The Kier molecular flexibility index (Phi) is 3.52. The topological polar surface area (TPSA) is 37.3 Å². The molecule has 4 rings (SSSR count). The second kappa shape index (κ2) is 5.17. The first kappa shape index (κ1) is 16.3. The molecule has 0 heterocycles. The highest BCUT2D eigenvalue weighted by atomic mass is 16.3. The SMILES string of the molecule is C=C(C)[C@H]1CC[C@H]2[C@@H]3CCC4=CC(=O)C=C[C@]4(C)[C@H]3[C@@H](O)C[C@]12C. The number of hydrogen-bond donors (Lipinski definition) is 1. The summed E-state index contributed by atoms with van der Waals surface area (Å²) >= 11 is 0. The Balaban J connectivity index is 1.74. The molecule has 0 unspecified atom stereocenters. The van der Waals surface area contributed by atoms with Gasteiger partial charge in [-0.15, -0.1) is 0 Å². The summed E-state index contributed by atoms with van der Waals surface area (Å²) in [4.78, 5) is 11.8. The number of allylic oxidation sites excluding steroid dienone is 5. The van der Waals surface area contributed by atoms with Crippen LogP contribution in [0.1, 0.15) is 52.9 Å². The minimum atomic E-state index is -0.289. The van der Waals surface area contributed by atoms with Crippen LogP contribution in [-0.2, 0) is 4.79 Å². The van der Waals surface area contributed by atoms with Crippen molar-refractivity contribution >= 4 is 5.78 Å². The van der Waals surface area contributed by atoms with E-state index in [2.05, 4.69) is 33.4 Å². The molecule has 0 aliphatic heterocycles. The number of aliphatic hydroxyl groups excluding tert-OH is 1. The molecule has 0 radical (unpaired) electrons. The van der Waals surface area contributed by atoms with Gasteiger partial charge in [-0.25, -0.2) is 0 Å². The van der Waals surface area contributed by atoms with Crippen LogP contribution in [0.5, 0.6) is 0 Å². The molecule has 24 heavy (non-hydrogen) atoms. The van der Waals surface area contributed by atoms with Crippen LogP contribution in [-0.4, -0.2) is 17.0 Å². The highest BCUT2D eigenvalue weighted by molar-refractivity contribution is 6.01. The van der Waals surface area contributed by atoms with Gasteiger partial charge in [-0.1, -0.05) is 37.6 Å². The number of aliphatic hydroxyl groups is 1. The number of carbonyl (C=O) groups excluding carboxylic acids is 1. The summed E-state index contributed by atoms with van der Waals surface area (Å²) in [5.74, 6) is 2.15. The number of carbonyl (C=O) groups is 1. The molecule has 1 N–H and O–H groups in total. The van der Waals surface area contributed by atoms with E-state index in [-0.39, 0.29) is 28.6 Å². The van der Waals surface area contributed by atoms with Crippen molar-refractivity contribution in [1.82, 2.24) is 0 Å². The molecule has 0 bridgehead atoms. The smallest absolute Gasteiger partial charge is 0.178 e. The molecule has 4 aliphatic rings. The Labute approximate surface area is 145 Å². The van der Waals surface area contributed by atoms with E-state index in [9.17, 15) is 9.90 Å². The van der Waals surface area contributed by atoms with E-state index < -0.39 is 0 Å². The molecule has 0 amide bonds. The highest BCUT2D eigenvalue weighted by Crippen LogP contribution is 2.66. The van der Waals surface area contributed by atoms with Crippen LogP contribution in [0.2, 0.25) is 0 Å². The largest absolute Gasteiger partial charge is 0.393 e. The van der Waals surface area contributed by atoms with Gasteiger partial charge < -0.3 is 5.11 Å². The summed E-state index contributed by atoms with van der Waals surface area (Å²) in [5, 5.41) is 11.2. The first-order valence-electron chi connectivity index (χ1n) is 9.55. The molecule has 0 aromatic heterocycles. The number of fused-ring (bicyclic) bond motifs is 5. The fourth-order valence-corrected chi connectivity index (χ4v) is 7.13. The van der Waals surface area contributed by atoms with Gasteiger partial charge in [0.2, 0.25) is 0 Å². The fraction of sp³-hybridized carbons (Fsp3) is 0.682. The minimum absolute atomic E-state index is 0.110. The molecular weight excluding hydrogens is 296 g/mol. The Morgan fingerprint density at radius 3 is 2.75 bits per heavy atom. The molecule has 7 atom stereocenters. The Morgan fingerprint density at radius 2 is 2.04 bits per heavy atom.